The first-order chi connectivity index (χ1) is 18.7. The van der Waals surface area contributed by atoms with Crippen LogP contribution in [0, 0.1) is 0 Å². The Kier molecular flexibility index (Phi) is 13.3. The molecule has 0 aliphatic carbocycles. The summed E-state index contributed by atoms with van der Waals surface area (Å²) in [5, 5.41) is 34.6. The van der Waals surface area contributed by atoms with Gasteiger partial charge in [-0.3, -0.25) is 29.0 Å². The summed E-state index contributed by atoms with van der Waals surface area (Å²) in [7, 11) is 0. The van der Waals surface area contributed by atoms with Gasteiger partial charge in [0.15, 0.2) is 5.96 Å². The van der Waals surface area contributed by atoms with Crippen molar-refractivity contribution in [3.8, 4) is 5.75 Å². The summed E-state index contributed by atoms with van der Waals surface area (Å²) >= 11 is 0. The van der Waals surface area contributed by atoms with Crippen LogP contribution in [0.15, 0.2) is 29.3 Å². The van der Waals surface area contributed by atoms with Gasteiger partial charge in [0, 0.05) is 13.0 Å². The molecule has 17 heteroatoms. The van der Waals surface area contributed by atoms with Crippen molar-refractivity contribution in [2.24, 2.45) is 27.9 Å². The summed E-state index contributed by atoms with van der Waals surface area (Å²) in [6.07, 6.45) is -1.39. The lowest BCUT2D eigenvalue weighted by Crippen LogP contribution is -2.58. The van der Waals surface area contributed by atoms with E-state index in [9.17, 15) is 44.1 Å². The normalized spacial score (nSPS) is 13.5. The summed E-state index contributed by atoms with van der Waals surface area (Å²) in [6.45, 7) is 0.208. The highest BCUT2D eigenvalue weighted by atomic mass is 16.4. The van der Waals surface area contributed by atoms with Crippen molar-refractivity contribution in [3.63, 3.8) is 0 Å². The standard InChI is InChI=1S/C23H34N8O9/c24-13(2-1-7-28-23(26)27)19(36)29-14(8-11-3-5-12(32)6-4-11)20(37)30-15(10-18(34)35)21(38)31-16(22(39)40)9-17(25)33/h3-6,13-16,32H,1-2,7-10,24H2,(H2,25,33)(H,29,36)(H,30,37)(H,31,38)(H,34,35)(H,39,40)(H4,26,27,28). The van der Waals surface area contributed by atoms with Crippen LogP contribution in [-0.4, -0.2) is 87.6 Å². The zero-order valence-corrected chi connectivity index (χ0v) is 21.4. The van der Waals surface area contributed by atoms with Crippen LogP contribution in [0.3, 0.4) is 0 Å². The van der Waals surface area contributed by atoms with E-state index in [1.807, 2.05) is 5.32 Å². The van der Waals surface area contributed by atoms with E-state index in [1.54, 1.807) is 0 Å². The van der Waals surface area contributed by atoms with E-state index in [0.29, 0.717) is 12.0 Å². The first kappa shape index (κ1) is 33.1. The van der Waals surface area contributed by atoms with Gasteiger partial charge in [-0.15, -0.1) is 0 Å². The average molecular weight is 567 g/mol. The minimum absolute atomic E-state index is 0.0567. The lowest BCUT2D eigenvalue weighted by atomic mass is 10.0. The van der Waals surface area contributed by atoms with Gasteiger partial charge in [-0.1, -0.05) is 12.1 Å². The third kappa shape index (κ3) is 12.5. The second kappa shape index (κ2) is 16.1. The molecule has 4 atom stereocenters. The Hall–Kier alpha value is -4.93. The van der Waals surface area contributed by atoms with Gasteiger partial charge in [0.05, 0.1) is 18.9 Å². The second-order valence-electron chi connectivity index (χ2n) is 8.72. The Morgan fingerprint density at radius 2 is 1.35 bits per heavy atom. The Bertz CT molecular complexity index is 1110. The van der Waals surface area contributed by atoms with Crippen LogP contribution in [0.4, 0.5) is 0 Å². The number of guanidine groups is 1. The molecule has 1 aromatic carbocycles. The Labute approximate surface area is 228 Å². The first-order valence-corrected chi connectivity index (χ1v) is 11.9. The predicted molar refractivity (Wildman–Crippen MR) is 139 cm³/mol. The van der Waals surface area contributed by atoms with E-state index in [-0.39, 0.29) is 31.1 Å². The number of aliphatic carboxylic acids is 2. The number of benzene rings is 1. The molecule has 14 N–H and O–H groups in total. The van der Waals surface area contributed by atoms with Gasteiger partial charge in [-0.25, -0.2) is 4.79 Å². The number of rotatable bonds is 17. The average Bonchev–Trinajstić information content (AvgIpc) is 2.85. The van der Waals surface area contributed by atoms with E-state index in [2.05, 4.69) is 15.6 Å². The van der Waals surface area contributed by atoms with Gasteiger partial charge in [-0.05, 0) is 30.5 Å². The molecule has 40 heavy (non-hydrogen) atoms. The van der Waals surface area contributed by atoms with E-state index < -0.39 is 72.6 Å². The highest BCUT2D eigenvalue weighted by Gasteiger charge is 2.32. The van der Waals surface area contributed by atoms with Crippen LogP contribution in [0.25, 0.3) is 0 Å². The number of amides is 4. The molecule has 17 nitrogen and oxygen atoms in total. The third-order valence-electron chi connectivity index (χ3n) is 5.35. The number of carboxylic acids is 2. The van der Waals surface area contributed by atoms with Crippen molar-refractivity contribution in [2.45, 2.75) is 56.3 Å². The quantitative estimate of drug-likeness (QED) is 0.0493. The molecule has 0 aliphatic rings. The maximum absolute atomic E-state index is 13.2. The molecule has 4 unspecified atom stereocenters. The van der Waals surface area contributed by atoms with E-state index >= 15 is 0 Å². The number of aromatic hydroxyl groups is 1. The van der Waals surface area contributed by atoms with Gasteiger partial charge in [0.25, 0.3) is 0 Å². The summed E-state index contributed by atoms with van der Waals surface area (Å²) in [5.41, 5.74) is 21.9. The van der Waals surface area contributed by atoms with E-state index in [4.69, 9.17) is 22.9 Å². The number of phenols is 1. The minimum atomic E-state index is -1.78. The van der Waals surface area contributed by atoms with E-state index in [0.717, 1.165) is 0 Å². The highest BCUT2D eigenvalue weighted by Crippen LogP contribution is 2.12. The number of nitrogens with one attached hydrogen (secondary N) is 3. The van der Waals surface area contributed by atoms with E-state index in [1.165, 1.54) is 24.3 Å². The Morgan fingerprint density at radius 3 is 1.88 bits per heavy atom. The fourth-order valence-electron chi connectivity index (χ4n) is 3.34. The van der Waals surface area contributed by atoms with Gasteiger partial charge < -0.3 is 54.2 Å². The summed E-state index contributed by atoms with van der Waals surface area (Å²) in [4.78, 5) is 76.2. The number of nitrogens with zero attached hydrogens (tertiary/aromatic N) is 1. The van der Waals surface area contributed by atoms with Crippen molar-refractivity contribution < 1.29 is 44.1 Å². The lowest BCUT2D eigenvalue weighted by Gasteiger charge is -2.24. The number of carbonyl (C=O) groups excluding carboxylic acids is 4. The zero-order chi connectivity index (χ0) is 30.4. The fourth-order valence-corrected chi connectivity index (χ4v) is 3.34. The smallest absolute Gasteiger partial charge is 0.326 e. The maximum atomic E-state index is 13.2. The predicted octanol–water partition coefficient (Wildman–Crippen LogP) is -3.80. The first-order valence-electron chi connectivity index (χ1n) is 11.9. The molecule has 0 fully saturated rings. The van der Waals surface area contributed by atoms with Crippen LogP contribution in [-0.2, 0) is 35.2 Å². The number of hydrogen-bond acceptors (Lipinski definition) is 9. The van der Waals surface area contributed by atoms with Gasteiger partial charge >= 0.3 is 11.9 Å². The SMILES string of the molecule is NC(=O)CC(NC(=O)C(CC(=O)O)NC(=O)C(Cc1ccc(O)cc1)NC(=O)C(N)CCCN=C(N)N)C(=O)O. The second-order valence-corrected chi connectivity index (χ2v) is 8.72. The number of nitrogens with two attached hydrogens (primary N) is 4. The number of aliphatic imine (C=N–C) groups is 1. The molecule has 1 aromatic rings. The summed E-state index contributed by atoms with van der Waals surface area (Å²) in [5.74, 6) is -7.30. The fraction of sp³-hybridized carbons (Fsp3) is 0.435. The van der Waals surface area contributed by atoms with Crippen LogP contribution in [0.2, 0.25) is 0 Å². The van der Waals surface area contributed by atoms with Gasteiger partial charge in [-0.2, -0.15) is 0 Å². The molecule has 0 heterocycles. The number of carboxylic acid groups (broad SMARTS) is 2. The molecule has 220 valence electrons. The van der Waals surface area contributed by atoms with Gasteiger partial charge in [0.2, 0.25) is 23.6 Å². The van der Waals surface area contributed by atoms with Crippen molar-refractivity contribution in [1.29, 1.82) is 0 Å². The molecule has 1 rings (SSSR count). The Balaban J connectivity index is 3.11. The molecule has 0 saturated heterocycles. The minimum Gasteiger partial charge on any atom is -0.508 e. The molecule has 0 bridgehead atoms. The largest absolute Gasteiger partial charge is 0.508 e. The number of hydrogen-bond donors (Lipinski definition) is 10. The molecule has 0 radical (unpaired) electrons. The molecule has 4 amide bonds. The highest BCUT2D eigenvalue weighted by molar-refractivity contribution is 5.96. The zero-order valence-electron chi connectivity index (χ0n) is 21.4. The topological polar surface area (TPSA) is 316 Å². The number of primary amides is 1. The number of carbonyl (C=O) groups is 6. The van der Waals surface area contributed by atoms with Crippen LogP contribution in [0.1, 0.15) is 31.2 Å². The molecule has 0 spiro atoms. The van der Waals surface area contributed by atoms with Crippen LogP contribution in [0.5, 0.6) is 5.75 Å². The van der Waals surface area contributed by atoms with Crippen molar-refractivity contribution in [3.05, 3.63) is 29.8 Å². The molecular weight excluding hydrogens is 532 g/mol. The van der Waals surface area contributed by atoms with Crippen molar-refractivity contribution in [2.75, 3.05) is 6.54 Å². The molecular formula is C23H34N8O9. The van der Waals surface area contributed by atoms with Crippen molar-refractivity contribution in [1.82, 2.24) is 16.0 Å². The maximum Gasteiger partial charge on any atom is 0.326 e. The summed E-state index contributed by atoms with van der Waals surface area (Å²) in [6, 6.07) is -0.382. The van der Waals surface area contributed by atoms with Crippen molar-refractivity contribution >= 4 is 41.5 Å². The third-order valence-corrected chi connectivity index (χ3v) is 5.35. The molecule has 0 saturated carbocycles. The van der Waals surface area contributed by atoms with Crippen LogP contribution < -0.4 is 38.9 Å². The van der Waals surface area contributed by atoms with Crippen LogP contribution >= 0.6 is 0 Å². The molecule has 0 aromatic heterocycles. The molecule has 0 aliphatic heterocycles. The number of phenolic OH excluding ortho intramolecular Hbond substituents is 1. The Morgan fingerprint density at radius 1 is 0.800 bits per heavy atom. The summed E-state index contributed by atoms with van der Waals surface area (Å²) < 4.78 is 0. The monoisotopic (exact) mass is 566 g/mol. The lowest BCUT2D eigenvalue weighted by molar-refractivity contribution is -0.144. The van der Waals surface area contributed by atoms with Gasteiger partial charge in [0.1, 0.15) is 23.9 Å².